The van der Waals surface area contributed by atoms with Crippen LogP contribution in [0.5, 0.6) is 0 Å². The number of hydrogen-bond donors (Lipinski definition) is 1. The maximum absolute atomic E-state index is 12.2. The van der Waals surface area contributed by atoms with Crippen LogP contribution in [0.15, 0.2) is 27.8 Å². The number of aryl methyl sites for hydroxylation is 1. The Morgan fingerprint density at radius 3 is 2.74 bits per heavy atom. The van der Waals surface area contributed by atoms with Crippen LogP contribution in [-0.2, 0) is 13.6 Å². The van der Waals surface area contributed by atoms with Gasteiger partial charge in [-0.15, -0.1) is 11.3 Å². The average Bonchev–Trinajstić information content (AvgIpc) is 2.82. The van der Waals surface area contributed by atoms with Gasteiger partial charge in [0.05, 0.1) is 5.39 Å². The molecular formula is C12H12N2O4S. The highest BCUT2D eigenvalue weighted by molar-refractivity contribution is 7.20. The lowest BCUT2D eigenvalue weighted by molar-refractivity contribution is 0.0702. The molecule has 2 heterocycles. The normalized spacial score (nSPS) is 11.5. The Morgan fingerprint density at radius 1 is 1.47 bits per heavy atom. The van der Waals surface area contributed by atoms with Gasteiger partial charge in [0.2, 0.25) is 0 Å². The van der Waals surface area contributed by atoms with Crippen LogP contribution in [0.4, 0.5) is 0 Å². The maximum Gasteiger partial charge on any atom is 0.345 e. The number of nitrogens with zero attached hydrogens (tertiary/aromatic N) is 2. The second kappa shape index (κ2) is 4.85. The van der Waals surface area contributed by atoms with Gasteiger partial charge in [-0.05, 0) is 13.0 Å². The van der Waals surface area contributed by atoms with Crippen molar-refractivity contribution in [3.8, 4) is 0 Å². The van der Waals surface area contributed by atoms with E-state index < -0.39 is 17.2 Å². The molecule has 0 bridgehead atoms. The lowest BCUT2D eigenvalue weighted by Gasteiger charge is -2.05. The van der Waals surface area contributed by atoms with Gasteiger partial charge >= 0.3 is 11.7 Å². The van der Waals surface area contributed by atoms with Gasteiger partial charge in [-0.3, -0.25) is 13.9 Å². The second-order valence-electron chi connectivity index (χ2n) is 3.96. The molecule has 0 saturated heterocycles. The van der Waals surface area contributed by atoms with Gasteiger partial charge in [-0.25, -0.2) is 9.59 Å². The van der Waals surface area contributed by atoms with E-state index >= 15 is 0 Å². The molecule has 0 amide bonds. The predicted octanol–water partition coefficient (Wildman–Crippen LogP) is 1.04. The predicted molar refractivity (Wildman–Crippen MR) is 73.1 cm³/mol. The fourth-order valence-electron chi connectivity index (χ4n) is 1.76. The highest BCUT2D eigenvalue weighted by atomic mass is 32.1. The van der Waals surface area contributed by atoms with Crippen LogP contribution < -0.4 is 11.2 Å². The van der Waals surface area contributed by atoms with Crippen molar-refractivity contribution in [2.75, 3.05) is 0 Å². The Balaban J connectivity index is 2.84. The van der Waals surface area contributed by atoms with Crippen LogP contribution in [0.1, 0.15) is 16.6 Å². The number of rotatable bonds is 3. The summed E-state index contributed by atoms with van der Waals surface area (Å²) in [5.74, 6) is -1.10. The number of allylic oxidation sites excluding steroid dienone is 2. The molecule has 0 aliphatic rings. The first-order chi connectivity index (χ1) is 8.97. The fraction of sp³-hybridized carbons (Fsp3) is 0.250. The number of fused-ring (bicyclic) bond motifs is 1. The number of aromatic nitrogens is 2. The summed E-state index contributed by atoms with van der Waals surface area (Å²) in [7, 11) is 1.53. The number of hydrogen-bond acceptors (Lipinski definition) is 4. The maximum atomic E-state index is 12.2. The molecular weight excluding hydrogens is 268 g/mol. The molecule has 6 nitrogen and oxygen atoms in total. The minimum Gasteiger partial charge on any atom is -0.477 e. The summed E-state index contributed by atoms with van der Waals surface area (Å²) < 4.78 is 2.39. The van der Waals surface area contributed by atoms with Crippen molar-refractivity contribution >= 4 is 27.5 Å². The molecule has 0 fully saturated rings. The molecule has 0 saturated carbocycles. The van der Waals surface area contributed by atoms with Crippen molar-refractivity contribution in [3.63, 3.8) is 0 Å². The second-order valence-corrected chi connectivity index (χ2v) is 4.99. The summed E-state index contributed by atoms with van der Waals surface area (Å²) in [6.45, 7) is 1.97. The van der Waals surface area contributed by atoms with Crippen molar-refractivity contribution in [3.05, 3.63) is 43.9 Å². The first-order valence-electron chi connectivity index (χ1n) is 5.55. The molecule has 19 heavy (non-hydrogen) atoms. The van der Waals surface area contributed by atoms with E-state index in [-0.39, 0.29) is 16.8 Å². The van der Waals surface area contributed by atoms with Crippen LogP contribution in [0.25, 0.3) is 10.2 Å². The minimum atomic E-state index is -1.10. The molecule has 0 aliphatic heterocycles. The molecule has 1 N–H and O–H groups in total. The van der Waals surface area contributed by atoms with Crippen molar-refractivity contribution in [2.45, 2.75) is 13.5 Å². The Bertz CT molecular complexity index is 794. The summed E-state index contributed by atoms with van der Waals surface area (Å²) in [6.07, 6.45) is 3.44. The van der Waals surface area contributed by atoms with Crippen molar-refractivity contribution in [1.82, 2.24) is 9.13 Å². The summed E-state index contributed by atoms with van der Waals surface area (Å²) in [4.78, 5) is 35.6. The first kappa shape index (κ1) is 13.3. The van der Waals surface area contributed by atoms with Gasteiger partial charge in [0, 0.05) is 13.6 Å². The van der Waals surface area contributed by atoms with E-state index in [9.17, 15) is 14.4 Å². The quantitative estimate of drug-likeness (QED) is 0.852. The molecule has 2 aromatic heterocycles. The van der Waals surface area contributed by atoms with E-state index in [1.54, 1.807) is 19.1 Å². The smallest absolute Gasteiger partial charge is 0.345 e. The molecule has 2 aromatic rings. The lowest BCUT2D eigenvalue weighted by atomic mass is 10.3. The van der Waals surface area contributed by atoms with Gasteiger partial charge < -0.3 is 5.11 Å². The van der Waals surface area contributed by atoms with Crippen LogP contribution in [0.2, 0.25) is 0 Å². The summed E-state index contributed by atoms with van der Waals surface area (Å²) in [5.41, 5.74) is -0.908. The third-order valence-corrected chi connectivity index (χ3v) is 3.94. The number of carboxylic acids is 1. The average molecular weight is 280 g/mol. The molecule has 2 rings (SSSR count). The Kier molecular flexibility index (Phi) is 3.39. The third-order valence-electron chi connectivity index (χ3n) is 2.74. The fourth-order valence-corrected chi connectivity index (χ4v) is 2.70. The molecule has 7 heteroatoms. The highest BCUT2D eigenvalue weighted by Crippen LogP contribution is 2.21. The van der Waals surface area contributed by atoms with E-state index in [0.717, 1.165) is 15.9 Å². The molecule has 0 atom stereocenters. The highest BCUT2D eigenvalue weighted by Gasteiger charge is 2.16. The van der Waals surface area contributed by atoms with Gasteiger partial charge in [-0.2, -0.15) is 0 Å². The van der Waals surface area contributed by atoms with Crippen LogP contribution in [0.3, 0.4) is 0 Å². The standard InChI is InChI=1S/C12H12N2O4S/c1-3-4-5-14-9(15)7-6-8(11(16)17)19-10(7)13(2)12(14)18/h3-4,6H,5H2,1-2H3,(H,16,17). The molecule has 0 aromatic carbocycles. The van der Waals surface area contributed by atoms with E-state index in [1.807, 2.05) is 0 Å². The molecule has 0 unspecified atom stereocenters. The third kappa shape index (κ3) is 2.12. The molecule has 100 valence electrons. The Labute approximate surface area is 111 Å². The lowest BCUT2D eigenvalue weighted by Crippen LogP contribution is -2.38. The van der Waals surface area contributed by atoms with Gasteiger partial charge in [-0.1, -0.05) is 12.2 Å². The van der Waals surface area contributed by atoms with Gasteiger partial charge in [0.25, 0.3) is 5.56 Å². The summed E-state index contributed by atoms with van der Waals surface area (Å²) >= 11 is 0.925. The number of thiophene rings is 1. The topological polar surface area (TPSA) is 81.3 Å². The Morgan fingerprint density at radius 2 is 2.16 bits per heavy atom. The van der Waals surface area contributed by atoms with Crippen LogP contribution in [0, 0.1) is 0 Å². The van der Waals surface area contributed by atoms with Crippen LogP contribution in [-0.4, -0.2) is 20.2 Å². The first-order valence-corrected chi connectivity index (χ1v) is 6.36. The Hall–Kier alpha value is -2.15. The number of carbonyl (C=O) groups is 1. The molecule has 0 radical (unpaired) electrons. The zero-order valence-corrected chi connectivity index (χ0v) is 11.2. The van der Waals surface area contributed by atoms with Crippen LogP contribution >= 0.6 is 11.3 Å². The van der Waals surface area contributed by atoms with E-state index in [0.29, 0.717) is 4.83 Å². The SMILES string of the molecule is CC=CCn1c(=O)c2cc(C(=O)O)sc2n(C)c1=O. The van der Waals surface area contributed by atoms with Crippen molar-refractivity contribution in [2.24, 2.45) is 7.05 Å². The van der Waals surface area contributed by atoms with Crippen molar-refractivity contribution in [1.29, 1.82) is 0 Å². The van der Waals surface area contributed by atoms with E-state index in [1.165, 1.54) is 17.7 Å². The van der Waals surface area contributed by atoms with E-state index in [2.05, 4.69) is 0 Å². The van der Waals surface area contributed by atoms with E-state index in [4.69, 9.17) is 5.11 Å². The van der Waals surface area contributed by atoms with Crippen molar-refractivity contribution < 1.29 is 9.90 Å². The summed E-state index contributed by atoms with van der Waals surface area (Å²) in [6, 6.07) is 1.32. The number of carboxylic acid groups (broad SMARTS) is 1. The summed E-state index contributed by atoms with van der Waals surface area (Å²) in [5, 5.41) is 9.21. The number of aromatic carboxylic acids is 1. The van der Waals surface area contributed by atoms with Gasteiger partial charge in [0.15, 0.2) is 0 Å². The monoisotopic (exact) mass is 280 g/mol. The largest absolute Gasteiger partial charge is 0.477 e. The molecule has 0 aliphatic carbocycles. The minimum absolute atomic E-state index is 0.0471. The zero-order chi connectivity index (χ0) is 14.2. The zero-order valence-electron chi connectivity index (χ0n) is 10.4. The molecule has 0 spiro atoms. The van der Waals surface area contributed by atoms with Gasteiger partial charge in [0.1, 0.15) is 9.71 Å².